The van der Waals surface area contributed by atoms with Gasteiger partial charge in [0, 0.05) is 11.1 Å². The molecule has 0 saturated heterocycles. The molecule has 1 saturated carbocycles. The highest BCUT2D eigenvalue weighted by atomic mass is 32.1. The van der Waals surface area contributed by atoms with Crippen LogP contribution >= 0.6 is 11.5 Å². The average Bonchev–Trinajstić information content (AvgIpc) is 3.13. The number of carbonyl (C=O) groups excluding carboxylic acids is 1. The average molecular weight is 395 g/mol. The molecule has 1 aliphatic rings. The summed E-state index contributed by atoms with van der Waals surface area (Å²) in [7, 11) is 0. The fourth-order valence-corrected chi connectivity index (χ4v) is 3.57. The number of hydrogen-bond acceptors (Lipinski definition) is 5. The predicted molar refractivity (Wildman–Crippen MR) is 93.5 cm³/mol. The second-order valence-electron chi connectivity index (χ2n) is 6.49. The van der Waals surface area contributed by atoms with Crippen molar-refractivity contribution >= 4 is 23.1 Å². The molecule has 0 aromatic carbocycles. The van der Waals surface area contributed by atoms with Gasteiger partial charge < -0.3 is 5.32 Å². The minimum Gasteiger partial charge on any atom is -0.339 e. The Morgan fingerprint density at radius 2 is 2.19 bits per heavy atom. The lowest BCUT2D eigenvalue weighted by Crippen LogP contribution is -2.47. The smallest absolute Gasteiger partial charge is 0.339 e. The highest BCUT2D eigenvalue weighted by Gasteiger charge is 2.50. The lowest BCUT2D eigenvalue weighted by molar-refractivity contribution is -0.158. The van der Waals surface area contributed by atoms with E-state index in [0.29, 0.717) is 30.7 Å². The number of fused-ring (bicyclic) bond motifs is 1. The number of nitrogens with zero attached hydrogens (tertiary/aromatic N) is 4. The minimum absolute atomic E-state index is 0.114. The van der Waals surface area contributed by atoms with Crippen molar-refractivity contribution in [2.24, 2.45) is 5.92 Å². The number of carbonyl (C=O) groups is 1. The zero-order valence-corrected chi connectivity index (χ0v) is 15.1. The van der Waals surface area contributed by atoms with Gasteiger partial charge in [-0.15, -0.1) is 0 Å². The Hall–Kier alpha value is -2.49. The van der Waals surface area contributed by atoms with Crippen LogP contribution in [0.5, 0.6) is 0 Å². The van der Waals surface area contributed by atoms with Gasteiger partial charge in [0.25, 0.3) is 5.91 Å². The molecule has 3 aromatic rings. The van der Waals surface area contributed by atoms with Gasteiger partial charge in [-0.25, -0.2) is 9.97 Å². The number of aromatic nitrogens is 4. The van der Waals surface area contributed by atoms with Crippen LogP contribution in [0.25, 0.3) is 17.0 Å². The number of alkyl halides is 3. The SMILES string of the molecule is CCc1cc(-c2ccsn2)nc2c(C(=O)NC(C3CC3)C(F)(F)F)ncn12. The first-order valence-electron chi connectivity index (χ1n) is 8.53. The number of nitrogens with one attached hydrogen (secondary N) is 1. The third-order valence-corrected chi connectivity index (χ3v) is 5.15. The summed E-state index contributed by atoms with van der Waals surface area (Å²) in [5, 5.41) is 3.92. The zero-order chi connectivity index (χ0) is 19.2. The minimum atomic E-state index is -4.49. The zero-order valence-electron chi connectivity index (χ0n) is 14.3. The van der Waals surface area contributed by atoms with Crippen molar-refractivity contribution in [1.82, 2.24) is 24.1 Å². The van der Waals surface area contributed by atoms with Crippen molar-refractivity contribution in [2.75, 3.05) is 0 Å². The molecule has 3 aromatic heterocycles. The summed E-state index contributed by atoms with van der Waals surface area (Å²) in [4.78, 5) is 21.1. The Morgan fingerprint density at radius 1 is 1.41 bits per heavy atom. The lowest BCUT2D eigenvalue weighted by Gasteiger charge is -2.20. The number of aryl methyl sites for hydroxylation is 1. The third-order valence-electron chi connectivity index (χ3n) is 4.59. The molecule has 3 heterocycles. The maximum Gasteiger partial charge on any atom is 0.408 e. The van der Waals surface area contributed by atoms with Gasteiger partial charge in [0.2, 0.25) is 0 Å². The van der Waals surface area contributed by atoms with E-state index >= 15 is 0 Å². The van der Waals surface area contributed by atoms with Crippen molar-refractivity contribution in [2.45, 2.75) is 38.4 Å². The largest absolute Gasteiger partial charge is 0.408 e. The maximum absolute atomic E-state index is 13.2. The van der Waals surface area contributed by atoms with E-state index < -0.39 is 24.0 Å². The van der Waals surface area contributed by atoms with Gasteiger partial charge in [-0.2, -0.15) is 17.5 Å². The van der Waals surface area contributed by atoms with Crippen molar-refractivity contribution < 1.29 is 18.0 Å². The normalized spacial score (nSPS) is 15.9. The molecule has 27 heavy (non-hydrogen) atoms. The fourth-order valence-electron chi connectivity index (χ4n) is 3.05. The van der Waals surface area contributed by atoms with Gasteiger partial charge in [-0.1, -0.05) is 6.92 Å². The van der Waals surface area contributed by atoms with E-state index in [-0.39, 0.29) is 11.3 Å². The number of imidazole rings is 1. The van der Waals surface area contributed by atoms with E-state index in [4.69, 9.17) is 0 Å². The molecule has 10 heteroatoms. The van der Waals surface area contributed by atoms with Crippen LogP contribution in [0.1, 0.15) is 35.9 Å². The molecule has 1 amide bonds. The summed E-state index contributed by atoms with van der Waals surface area (Å²) in [5.74, 6) is -1.43. The molecule has 1 aliphatic carbocycles. The monoisotopic (exact) mass is 395 g/mol. The van der Waals surface area contributed by atoms with Gasteiger partial charge >= 0.3 is 6.18 Å². The molecular formula is C17H16F3N5OS. The van der Waals surface area contributed by atoms with Gasteiger partial charge in [0.15, 0.2) is 11.3 Å². The van der Waals surface area contributed by atoms with Crippen molar-refractivity contribution in [1.29, 1.82) is 0 Å². The fraction of sp³-hybridized carbons (Fsp3) is 0.412. The Morgan fingerprint density at radius 3 is 2.78 bits per heavy atom. The van der Waals surface area contributed by atoms with Crippen LogP contribution in [0, 0.1) is 5.92 Å². The highest BCUT2D eigenvalue weighted by Crippen LogP contribution is 2.40. The van der Waals surface area contributed by atoms with Crippen molar-refractivity contribution in [3.05, 3.63) is 35.2 Å². The van der Waals surface area contributed by atoms with Crippen molar-refractivity contribution in [3.8, 4) is 11.4 Å². The van der Waals surface area contributed by atoms with Gasteiger partial charge in [-0.3, -0.25) is 9.20 Å². The van der Waals surface area contributed by atoms with Crippen LogP contribution in [-0.2, 0) is 6.42 Å². The second-order valence-corrected chi connectivity index (χ2v) is 7.15. The maximum atomic E-state index is 13.2. The summed E-state index contributed by atoms with van der Waals surface area (Å²) < 4.78 is 45.6. The second kappa shape index (κ2) is 6.59. The number of amides is 1. The molecule has 0 radical (unpaired) electrons. The first kappa shape index (κ1) is 17.9. The molecule has 6 nitrogen and oxygen atoms in total. The molecule has 1 atom stereocenters. The van der Waals surface area contributed by atoms with Gasteiger partial charge in [0.05, 0.1) is 5.69 Å². The summed E-state index contributed by atoms with van der Waals surface area (Å²) in [6, 6.07) is 1.79. The van der Waals surface area contributed by atoms with Gasteiger partial charge in [0.1, 0.15) is 18.1 Å². The standard InChI is InChI=1S/C17H16F3N5OS/c1-2-10-7-12(11-5-6-27-24-11)22-15-13(21-8-25(10)15)16(26)23-14(9-3-4-9)17(18,19)20/h5-9,14H,2-4H2,1H3,(H,23,26). The quantitative estimate of drug-likeness (QED) is 0.718. The van der Waals surface area contributed by atoms with Crippen LogP contribution in [0.4, 0.5) is 13.2 Å². The van der Waals surface area contributed by atoms with Crippen LogP contribution in [0.15, 0.2) is 23.8 Å². The number of halogens is 3. The van der Waals surface area contributed by atoms with E-state index in [0.717, 1.165) is 5.69 Å². The number of hydrogen-bond donors (Lipinski definition) is 1. The lowest BCUT2D eigenvalue weighted by atomic mass is 10.1. The molecular weight excluding hydrogens is 379 g/mol. The molecule has 0 bridgehead atoms. The van der Waals surface area contributed by atoms with E-state index in [1.807, 2.05) is 13.0 Å². The van der Waals surface area contributed by atoms with Crippen LogP contribution < -0.4 is 5.32 Å². The molecule has 142 valence electrons. The Labute approximate surface area is 156 Å². The predicted octanol–water partition coefficient (Wildman–Crippen LogP) is 3.49. The van der Waals surface area contributed by atoms with E-state index in [2.05, 4.69) is 19.7 Å². The Balaban J connectivity index is 1.73. The van der Waals surface area contributed by atoms with Crippen molar-refractivity contribution in [3.63, 3.8) is 0 Å². The van der Waals surface area contributed by atoms with E-state index in [1.165, 1.54) is 17.9 Å². The summed E-state index contributed by atoms with van der Waals surface area (Å²) >= 11 is 1.27. The number of rotatable bonds is 5. The first-order chi connectivity index (χ1) is 12.9. The summed E-state index contributed by atoms with van der Waals surface area (Å²) in [6.45, 7) is 1.94. The third kappa shape index (κ3) is 3.41. The summed E-state index contributed by atoms with van der Waals surface area (Å²) in [5.41, 5.74) is 2.16. The van der Waals surface area contributed by atoms with Crippen LogP contribution in [0.3, 0.4) is 0 Å². The molecule has 1 fully saturated rings. The topological polar surface area (TPSA) is 72.2 Å². The highest BCUT2D eigenvalue weighted by molar-refractivity contribution is 7.03. The molecule has 1 unspecified atom stereocenters. The summed E-state index contributed by atoms with van der Waals surface area (Å²) in [6.07, 6.45) is -1.51. The molecule has 0 spiro atoms. The van der Waals surface area contributed by atoms with Crippen LogP contribution in [0.2, 0.25) is 0 Å². The first-order valence-corrected chi connectivity index (χ1v) is 9.37. The van der Waals surface area contributed by atoms with E-state index in [9.17, 15) is 18.0 Å². The molecule has 4 rings (SSSR count). The van der Waals surface area contributed by atoms with Gasteiger partial charge in [-0.05, 0) is 48.8 Å². The molecule has 0 aliphatic heterocycles. The van der Waals surface area contributed by atoms with E-state index in [1.54, 1.807) is 15.8 Å². The Kier molecular flexibility index (Phi) is 4.37. The molecule has 1 N–H and O–H groups in total. The Bertz CT molecular complexity index is 979. The van der Waals surface area contributed by atoms with Crippen LogP contribution in [-0.4, -0.2) is 36.9 Å².